The van der Waals surface area contributed by atoms with Crippen molar-refractivity contribution in [3.05, 3.63) is 58.3 Å². The molecule has 0 aliphatic carbocycles. The van der Waals surface area contributed by atoms with E-state index in [2.05, 4.69) is 52.5 Å². The molecule has 0 saturated carbocycles. The van der Waals surface area contributed by atoms with Gasteiger partial charge in [0.25, 0.3) is 0 Å². The Morgan fingerprint density at radius 3 is 2.47 bits per heavy atom. The van der Waals surface area contributed by atoms with Gasteiger partial charge in [-0.3, -0.25) is 4.79 Å². The molecular weight excluding hydrogens is 376 g/mol. The van der Waals surface area contributed by atoms with Crippen molar-refractivity contribution in [2.24, 2.45) is 0 Å². The maximum Gasteiger partial charge on any atom is 0.226 e. The van der Waals surface area contributed by atoms with Crippen LogP contribution in [0.3, 0.4) is 0 Å². The van der Waals surface area contributed by atoms with Gasteiger partial charge < -0.3 is 10.2 Å². The predicted molar refractivity (Wildman–Crippen MR) is 116 cm³/mol. The highest BCUT2D eigenvalue weighted by Crippen LogP contribution is 2.41. The molecule has 1 fully saturated rings. The van der Waals surface area contributed by atoms with Gasteiger partial charge in [0.2, 0.25) is 5.91 Å². The molecule has 1 N–H and O–H groups in total. The van der Waals surface area contributed by atoms with Gasteiger partial charge in [0.05, 0.1) is 5.69 Å². The standard InChI is InChI=1S/C23H26N6O/c1-14-6-7-15(2)17(12-14)18-13-21(30)24-23-22(18)16(3)27-29(23)20-9-8-19(25-26-20)28-10-4-5-11-28/h6-9,12,18H,4-5,10-11,13H2,1-3H3,(H,24,30). The number of fused-ring (bicyclic) bond motifs is 1. The maximum absolute atomic E-state index is 12.6. The van der Waals surface area contributed by atoms with Crippen LogP contribution in [0.1, 0.15) is 53.1 Å². The second-order valence-corrected chi connectivity index (χ2v) is 8.37. The van der Waals surface area contributed by atoms with Gasteiger partial charge in [-0.05, 0) is 56.9 Å². The second kappa shape index (κ2) is 7.23. The Bertz CT molecular complexity index is 1110. The Hall–Kier alpha value is -3.22. The van der Waals surface area contributed by atoms with E-state index < -0.39 is 0 Å². The summed E-state index contributed by atoms with van der Waals surface area (Å²) >= 11 is 0. The first-order valence-electron chi connectivity index (χ1n) is 10.6. The van der Waals surface area contributed by atoms with Crippen molar-refractivity contribution in [1.82, 2.24) is 20.0 Å². The summed E-state index contributed by atoms with van der Waals surface area (Å²) < 4.78 is 1.72. The van der Waals surface area contributed by atoms with Gasteiger partial charge in [0, 0.05) is 31.0 Å². The number of nitrogens with zero attached hydrogens (tertiary/aromatic N) is 5. The topological polar surface area (TPSA) is 75.9 Å². The van der Waals surface area contributed by atoms with Crippen molar-refractivity contribution in [2.45, 2.75) is 46.0 Å². The average Bonchev–Trinajstić information content (AvgIpc) is 3.38. The fraction of sp³-hybridized carbons (Fsp3) is 0.391. The summed E-state index contributed by atoms with van der Waals surface area (Å²) in [5.41, 5.74) is 5.53. The van der Waals surface area contributed by atoms with E-state index >= 15 is 0 Å². The number of aryl methyl sites for hydroxylation is 3. The molecule has 1 atom stereocenters. The van der Waals surface area contributed by atoms with E-state index in [1.54, 1.807) is 4.68 Å². The molecule has 2 aromatic heterocycles. The summed E-state index contributed by atoms with van der Waals surface area (Å²) in [4.78, 5) is 14.9. The number of benzene rings is 1. The number of carbonyl (C=O) groups is 1. The summed E-state index contributed by atoms with van der Waals surface area (Å²) in [5.74, 6) is 2.20. The van der Waals surface area contributed by atoms with Crippen molar-refractivity contribution in [2.75, 3.05) is 23.3 Å². The lowest BCUT2D eigenvalue weighted by Crippen LogP contribution is -2.25. The zero-order valence-electron chi connectivity index (χ0n) is 17.6. The van der Waals surface area contributed by atoms with Gasteiger partial charge in [0.1, 0.15) is 5.82 Å². The van der Waals surface area contributed by atoms with Crippen molar-refractivity contribution in [3.63, 3.8) is 0 Å². The number of carbonyl (C=O) groups excluding carboxylic acids is 1. The minimum atomic E-state index is -0.0146. The molecule has 7 heteroatoms. The molecule has 1 aromatic carbocycles. The van der Waals surface area contributed by atoms with E-state index in [9.17, 15) is 4.79 Å². The number of hydrogen-bond donors (Lipinski definition) is 1. The highest BCUT2D eigenvalue weighted by Gasteiger charge is 2.33. The van der Waals surface area contributed by atoms with Crippen LogP contribution in [0.2, 0.25) is 0 Å². The summed E-state index contributed by atoms with van der Waals surface area (Å²) in [6.07, 6.45) is 2.81. The van der Waals surface area contributed by atoms with Gasteiger partial charge in [-0.1, -0.05) is 23.8 Å². The van der Waals surface area contributed by atoms with Crippen LogP contribution in [0.15, 0.2) is 30.3 Å². The summed E-state index contributed by atoms with van der Waals surface area (Å²) in [6.45, 7) is 8.23. The molecule has 3 aromatic rings. The molecule has 0 bridgehead atoms. The largest absolute Gasteiger partial charge is 0.355 e. The van der Waals surface area contributed by atoms with Crippen LogP contribution in [-0.2, 0) is 4.79 Å². The quantitative estimate of drug-likeness (QED) is 0.724. The zero-order chi connectivity index (χ0) is 20.8. The highest BCUT2D eigenvalue weighted by molar-refractivity contribution is 5.95. The Labute approximate surface area is 176 Å². The Morgan fingerprint density at radius 1 is 1.00 bits per heavy atom. The average molecular weight is 403 g/mol. The normalized spacial score (nSPS) is 18.4. The Balaban J connectivity index is 1.57. The first-order chi connectivity index (χ1) is 14.5. The highest BCUT2D eigenvalue weighted by atomic mass is 16.1. The summed E-state index contributed by atoms with van der Waals surface area (Å²) in [7, 11) is 0. The monoisotopic (exact) mass is 402 g/mol. The maximum atomic E-state index is 12.6. The van der Waals surface area contributed by atoms with Gasteiger partial charge in [0.15, 0.2) is 11.6 Å². The lowest BCUT2D eigenvalue weighted by molar-refractivity contribution is -0.116. The number of nitrogens with one attached hydrogen (secondary N) is 1. The zero-order valence-corrected chi connectivity index (χ0v) is 17.6. The first kappa shape index (κ1) is 18.8. The molecule has 1 saturated heterocycles. The molecule has 1 amide bonds. The van der Waals surface area contributed by atoms with Crippen LogP contribution >= 0.6 is 0 Å². The van der Waals surface area contributed by atoms with E-state index in [0.29, 0.717) is 18.1 Å². The Kier molecular flexibility index (Phi) is 4.53. The summed E-state index contributed by atoms with van der Waals surface area (Å²) in [5, 5.41) is 16.6. The number of amides is 1. The van der Waals surface area contributed by atoms with E-state index in [4.69, 9.17) is 5.10 Å². The van der Waals surface area contributed by atoms with Crippen LogP contribution in [0.25, 0.3) is 5.82 Å². The van der Waals surface area contributed by atoms with Crippen molar-refractivity contribution in [3.8, 4) is 5.82 Å². The van der Waals surface area contributed by atoms with Crippen molar-refractivity contribution >= 4 is 17.5 Å². The lowest BCUT2D eigenvalue weighted by atomic mass is 9.83. The fourth-order valence-electron chi connectivity index (χ4n) is 4.66. The molecule has 1 unspecified atom stereocenters. The number of aromatic nitrogens is 4. The molecule has 0 spiro atoms. The van der Waals surface area contributed by atoms with E-state index in [1.165, 1.54) is 29.5 Å². The minimum Gasteiger partial charge on any atom is -0.355 e. The van der Waals surface area contributed by atoms with Crippen LogP contribution in [0.4, 0.5) is 11.6 Å². The van der Waals surface area contributed by atoms with E-state index in [0.717, 1.165) is 30.2 Å². The van der Waals surface area contributed by atoms with E-state index in [1.807, 2.05) is 19.1 Å². The van der Waals surface area contributed by atoms with Crippen LogP contribution in [0.5, 0.6) is 0 Å². The first-order valence-corrected chi connectivity index (χ1v) is 10.6. The number of hydrogen-bond acceptors (Lipinski definition) is 5. The molecular formula is C23H26N6O. The fourth-order valence-corrected chi connectivity index (χ4v) is 4.66. The molecule has 0 radical (unpaired) electrons. The molecule has 2 aliphatic heterocycles. The molecule has 4 heterocycles. The van der Waals surface area contributed by atoms with Gasteiger partial charge in [-0.2, -0.15) is 9.78 Å². The van der Waals surface area contributed by atoms with Gasteiger partial charge in [-0.15, -0.1) is 10.2 Å². The summed E-state index contributed by atoms with van der Waals surface area (Å²) in [6, 6.07) is 10.3. The molecule has 30 heavy (non-hydrogen) atoms. The van der Waals surface area contributed by atoms with Gasteiger partial charge in [-0.25, -0.2) is 0 Å². The number of anilines is 2. The van der Waals surface area contributed by atoms with E-state index in [-0.39, 0.29) is 11.8 Å². The smallest absolute Gasteiger partial charge is 0.226 e. The van der Waals surface area contributed by atoms with Crippen molar-refractivity contribution in [1.29, 1.82) is 0 Å². The van der Waals surface area contributed by atoms with Crippen LogP contribution in [0, 0.1) is 20.8 Å². The third-order valence-corrected chi connectivity index (χ3v) is 6.20. The third-order valence-electron chi connectivity index (χ3n) is 6.20. The minimum absolute atomic E-state index is 0.00352. The van der Waals surface area contributed by atoms with Crippen LogP contribution < -0.4 is 10.2 Å². The lowest BCUT2D eigenvalue weighted by Gasteiger charge is -2.25. The van der Waals surface area contributed by atoms with Crippen molar-refractivity contribution < 1.29 is 4.79 Å². The van der Waals surface area contributed by atoms with Gasteiger partial charge >= 0.3 is 0 Å². The molecule has 2 aliphatic rings. The van der Waals surface area contributed by atoms with Crippen LogP contribution in [-0.4, -0.2) is 39.0 Å². The molecule has 7 nitrogen and oxygen atoms in total. The SMILES string of the molecule is Cc1ccc(C)c(C2CC(=O)Nc3c2c(C)nn3-c2ccc(N3CCCC3)nn2)c1. The Morgan fingerprint density at radius 2 is 1.73 bits per heavy atom. The molecule has 5 rings (SSSR count). The number of rotatable bonds is 3. The third kappa shape index (κ3) is 3.14. The molecule has 154 valence electrons. The predicted octanol–water partition coefficient (Wildman–Crippen LogP) is 3.66. The second-order valence-electron chi connectivity index (χ2n) is 8.37.